The molecule has 0 unspecified atom stereocenters. The highest BCUT2D eigenvalue weighted by Crippen LogP contribution is 2.42. The lowest BCUT2D eigenvalue weighted by atomic mass is 9.98. The van der Waals surface area contributed by atoms with E-state index < -0.39 is 29.4 Å². The van der Waals surface area contributed by atoms with Crippen LogP contribution in [0.4, 0.5) is 18.9 Å². The van der Waals surface area contributed by atoms with Gasteiger partial charge in [-0.3, -0.25) is 9.59 Å². The summed E-state index contributed by atoms with van der Waals surface area (Å²) in [7, 11) is 0. The Morgan fingerprint density at radius 2 is 1.88 bits per heavy atom. The number of likely N-dealkylation sites (tertiary alicyclic amines) is 1. The largest absolute Gasteiger partial charge is 0.398 e. The molecule has 2 atom stereocenters. The van der Waals surface area contributed by atoms with E-state index in [4.69, 9.17) is 5.73 Å². The standard InChI is InChI=1S/C24H26F3N3O2/c1-24(26,27)15-10-11-16(18(25)13-15)21(14-8-9-14)29-22(31)20-7-4-12-30(20)23(32)17-5-2-3-6-19(17)28/h2-3,5-6,10-11,13-14,20-21H,4,7-9,12,28H2,1H3,(H,29,31)/t20-,21-/m1/s1. The quantitative estimate of drug-likeness (QED) is 0.648. The number of nitrogen functional groups attached to an aromatic ring is 1. The monoisotopic (exact) mass is 445 g/mol. The topological polar surface area (TPSA) is 75.4 Å². The Hall–Kier alpha value is -3.03. The van der Waals surface area contributed by atoms with Crippen LogP contribution >= 0.6 is 0 Å². The van der Waals surface area contributed by atoms with Crippen LogP contribution in [0, 0.1) is 11.7 Å². The number of nitrogens with two attached hydrogens (primary N) is 1. The Morgan fingerprint density at radius 1 is 1.16 bits per heavy atom. The first kappa shape index (κ1) is 22.2. The number of anilines is 1. The van der Waals surface area contributed by atoms with Crippen LogP contribution in [-0.2, 0) is 10.7 Å². The van der Waals surface area contributed by atoms with E-state index in [9.17, 15) is 22.8 Å². The van der Waals surface area contributed by atoms with Crippen molar-refractivity contribution >= 4 is 17.5 Å². The van der Waals surface area contributed by atoms with Gasteiger partial charge in [0.25, 0.3) is 11.8 Å². The maximum absolute atomic E-state index is 14.8. The molecule has 1 saturated carbocycles. The number of benzene rings is 2. The molecule has 1 aliphatic heterocycles. The third kappa shape index (κ3) is 4.45. The summed E-state index contributed by atoms with van der Waals surface area (Å²) in [6, 6.07) is 8.75. The van der Waals surface area contributed by atoms with Gasteiger partial charge in [-0.2, -0.15) is 0 Å². The van der Waals surface area contributed by atoms with Gasteiger partial charge in [0.2, 0.25) is 5.91 Å². The van der Waals surface area contributed by atoms with Crippen LogP contribution in [0.15, 0.2) is 42.5 Å². The molecule has 1 aliphatic carbocycles. The second kappa shape index (κ2) is 8.48. The number of carbonyl (C=O) groups is 2. The first-order valence-corrected chi connectivity index (χ1v) is 10.8. The lowest BCUT2D eigenvalue weighted by Gasteiger charge is -2.27. The SMILES string of the molecule is CC(F)(F)c1ccc([C@H](NC(=O)[C@H]2CCCN2C(=O)c2ccccc2N)C2CC2)c(F)c1. The molecule has 2 amide bonds. The zero-order chi connectivity index (χ0) is 23.0. The van der Waals surface area contributed by atoms with Gasteiger partial charge in [-0.05, 0) is 49.8 Å². The molecule has 0 spiro atoms. The van der Waals surface area contributed by atoms with E-state index in [1.54, 1.807) is 24.3 Å². The minimum Gasteiger partial charge on any atom is -0.398 e. The summed E-state index contributed by atoms with van der Waals surface area (Å²) in [5.41, 5.74) is 6.40. The molecule has 2 aromatic carbocycles. The number of nitrogens with one attached hydrogen (secondary N) is 1. The van der Waals surface area contributed by atoms with Crippen molar-refractivity contribution in [1.29, 1.82) is 0 Å². The van der Waals surface area contributed by atoms with Gasteiger partial charge in [0.15, 0.2) is 0 Å². The first-order chi connectivity index (χ1) is 15.2. The number of halogens is 3. The van der Waals surface area contributed by atoms with Crippen LogP contribution in [0.2, 0.25) is 0 Å². The smallest absolute Gasteiger partial charge is 0.270 e. The normalized spacial score (nSPS) is 19.6. The number of alkyl halides is 2. The molecule has 1 heterocycles. The van der Waals surface area contributed by atoms with Gasteiger partial charge in [0, 0.05) is 30.3 Å². The number of nitrogens with zero attached hydrogens (tertiary/aromatic N) is 1. The highest BCUT2D eigenvalue weighted by atomic mass is 19.3. The summed E-state index contributed by atoms with van der Waals surface area (Å²) in [5.74, 6) is -4.56. The second-order valence-corrected chi connectivity index (χ2v) is 8.69. The highest BCUT2D eigenvalue weighted by Gasteiger charge is 2.40. The Labute approximate surface area is 184 Å². The van der Waals surface area contributed by atoms with Gasteiger partial charge in [-0.25, -0.2) is 13.2 Å². The molecular formula is C24H26F3N3O2. The Balaban J connectivity index is 1.54. The number of amides is 2. The Bertz CT molecular complexity index is 1030. The summed E-state index contributed by atoms with van der Waals surface area (Å²) >= 11 is 0. The molecule has 2 fully saturated rings. The molecule has 8 heteroatoms. The van der Waals surface area contributed by atoms with Crippen molar-refractivity contribution in [2.45, 2.75) is 50.6 Å². The van der Waals surface area contributed by atoms with E-state index in [2.05, 4.69) is 5.32 Å². The average molecular weight is 445 g/mol. The third-order valence-electron chi connectivity index (χ3n) is 6.24. The van der Waals surface area contributed by atoms with E-state index in [1.807, 2.05) is 0 Å². The van der Waals surface area contributed by atoms with E-state index in [0.29, 0.717) is 37.6 Å². The lowest BCUT2D eigenvalue weighted by molar-refractivity contribution is -0.125. The number of hydrogen-bond donors (Lipinski definition) is 2. The van der Waals surface area contributed by atoms with Crippen LogP contribution in [-0.4, -0.2) is 29.3 Å². The van der Waals surface area contributed by atoms with Gasteiger partial charge in [0.05, 0.1) is 11.6 Å². The molecule has 0 aromatic heterocycles. The van der Waals surface area contributed by atoms with Gasteiger partial charge in [0.1, 0.15) is 11.9 Å². The maximum Gasteiger partial charge on any atom is 0.270 e. The van der Waals surface area contributed by atoms with Crippen LogP contribution in [0.3, 0.4) is 0 Å². The minimum atomic E-state index is -3.15. The molecule has 2 aromatic rings. The van der Waals surface area contributed by atoms with E-state index in [1.165, 1.54) is 17.0 Å². The predicted octanol–water partition coefficient (Wildman–Crippen LogP) is 4.39. The Morgan fingerprint density at radius 3 is 2.50 bits per heavy atom. The molecule has 0 bridgehead atoms. The van der Waals surface area contributed by atoms with Crippen LogP contribution in [0.25, 0.3) is 0 Å². The van der Waals surface area contributed by atoms with Crippen molar-refractivity contribution < 1.29 is 22.8 Å². The molecule has 1 saturated heterocycles. The zero-order valence-corrected chi connectivity index (χ0v) is 17.8. The van der Waals surface area contributed by atoms with Crippen LogP contribution < -0.4 is 11.1 Å². The first-order valence-electron chi connectivity index (χ1n) is 10.8. The summed E-state index contributed by atoms with van der Waals surface area (Å²) < 4.78 is 41.9. The fraction of sp³-hybridized carbons (Fsp3) is 0.417. The predicted molar refractivity (Wildman–Crippen MR) is 114 cm³/mol. The summed E-state index contributed by atoms with van der Waals surface area (Å²) in [4.78, 5) is 27.7. The second-order valence-electron chi connectivity index (χ2n) is 8.69. The van der Waals surface area contributed by atoms with Crippen molar-refractivity contribution in [3.05, 3.63) is 65.0 Å². The highest BCUT2D eigenvalue weighted by molar-refractivity contribution is 6.01. The van der Waals surface area contributed by atoms with Gasteiger partial charge in [-0.1, -0.05) is 24.3 Å². The third-order valence-corrected chi connectivity index (χ3v) is 6.24. The number of rotatable bonds is 6. The average Bonchev–Trinajstić information content (AvgIpc) is 3.46. The summed E-state index contributed by atoms with van der Waals surface area (Å²) in [6.07, 6.45) is 2.78. The van der Waals surface area contributed by atoms with Crippen molar-refractivity contribution in [2.24, 2.45) is 5.92 Å². The van der Waals surface area contributed by atoms with E-state index in [0.717, 1.165) is 18.9 Å². The molecule has 0 radical (unpaired) electrons. The fourth-order valence-corrected chi connectivity index (χ4v) is 4.31. The molecule has 5 nitrogen and oxygen atoms in total. The maximum atomic E-state index is 14.8. The molecular weight excluding hydrogens is 419 g/mol. The van der Waals surface area contributed by atoms with Gasteiger partial charge >= 0.3 is 0 Å². The Kier molecular flexibility index (Phi) is 5.88. The summed E-state index contributed by atoms with van der Waals surface area (Å²) in [5, 5.41) is 2.90. The van der Waals surface area contributed by atoms with E-state index in [-0.39, 0.29) is 23.3 Å². The molecule has 170 valence electrons. The molecule has 4 rings (SSSR count). The number of carbonyl (C=O) groups excluding carboxylic acids is 2. The molecule has 32 heavy (non-hydrogen) atoms. The van der Waals surface area contributed by atoms with Crippen LogP contribution in [0.5, 0.6) is 0 Å². The van der Waals surface area contributed by atoms with Crippen molar-refractivity contribution in [1.82, 2.24) is 10.2 Å². The zero-order valence-electron chi connectivity index (χ0n) is 17.8. The number of hydrogen-bond acceptors (Lipinski definition) is 3. The van der Waals surface area contributed by atoms with Gasteiger partial charge < -0.3 is 16.0 Å². The number of para-hydroxylation sites is 1. The van der Waals surface area contributed by atoms with Crippen molar-refractivity contribution in [2.75, 3.05) is 12.3 Å². The van der Waals surface area contributed by atoms with Crippen LogP contribution in [0.1, 0.15) is 60.1 Å². The van der Waals surface area contributed by atoms with Crippen molar-refractivity contribution in [3.63, 3.8) is 0 Å². The molecule has 3 N–H and O–H groups in total. The van der Waals surface area contributed by atoms with Crippen molar-refractivity contribution in [3.8, 4) is 0 Å². The lowest BCUT2D eigenvalue weighted by Crippen LogP contribution is -2.47. The fourth-order valence-electron chi connectivity index (χ4n) is 4.31. The summed E-state index contributed by atoms with van der Waals surface area (Å²) in [6.45, 7) is 1.14. The van der Waals surface area contributed by atoms with E-state index >= 15 is 0 Å². The molecule has 2 aliphatic rings. The minimum absolute atomic E-state index is 0.0387. The van der Waals surface area contributed by atoms with Gasteiger partial charge in [-0.15, -0.1) is 0 Å².